The molecule has 6 nitrogen and oxygen atoms in total. The predicted octanol–water partition coefficient (Wildman–Crippen LogP) is 3.56. The first-order valence-electron chi connectivity index (χ1n) is 11.9. The monoisotopic (exact) mass is 485 g/mol. The minimum Gasteiger partial charge on any atom is -0.444 e. The average molecular weight is 486 g/mol. The van der Waals surface area contributed by atoms with Gasteiger partial charge in [0.05, 0.1) is 38.5 Å². The largest absolute Gasteiger partial charge is 0.444 e. The second-order valence-electron chi connectivity index (χ2n) is 10.9. The molecular formula is C27H39NO5Si. The molecule has 2 unspecified atom stereocenters. The van der Waals surface area contributed by atoms with E-state index in [0.717, 1.165) is 0 Å². The second-order valence-corrected chi connectivity index (χ2v) is 15.2. The zero-order chi connectivity index (χ0) is 25.0. The summed E-state index contributed by atoms with van der Waals surface area (Å²) in [7, 11) is -2.75. The molecule has 3 rings (SSSR count). The standard InChI is InChI=1S/C27H39NO5Si/c1-26(2,3)33-25(30)28-17-22(18-29)31-19-21(28)20-32-34(27(4,5)6,23-13-9-7-10-14-23)24-15-11-8-12-16-24/h7-16,21-22,29H,17-20H2,1-6H3. The molecule has 186 valence electrons. The Kier molecular flexibility index (Phi) is 8.24. The van der Waals surface area contributed by atoms with Crippen LogP contribution in [0.4, 0.5) is 4.79 Å². The topological polar surface area (TPSA) is 68.2 Å². The van der Waals surface area contributed by atoms with E-state index < -0.39 is 26.1 Å². The van der Waals surface area contributed by atoms with Crippen molar-refractivity contribution in [3.8, 4) is 0 Å². The van der Waals surface area contributed by atoms with Gasteiger partial charge in [-0.2, -0.15) is 0 Å². The lowest BCUT2D eigenvalue weighted by Gasteiger charge is -2.45. The Labute approximate surface area is 205 Å². The fraction of sp³-hybridized carbons (Fsp3) is 0.519. The SMILES string of the molecule is CC(C)(C)OC(=O)N1CC(CO)OCC1CO[Si](c1ccccc1)(c1ccccc1)C(C)(C)C. The fourth-order valence-corrected chi connectivity index (χ4v) is 9.13. The van der Waals surface area contributed by atoms with Gasteiger partial charge in [0.25, 0.3) is 8.32 Å². The number of hydrogen-bond acceptors (Lipinski definition) is 5. The van der Waals surface area contributed by atoms with E-state index in [2.05, 4.69) is 69.3 Å². The van der Waals surface area contributed by atoms with Crippen molar-refractivity contribution >= 4 is 24.8 Å². The lowest BCUT2D eigenvalue weighted by molar-refractivity contribution is -0.0924. The Morgan fingerprint density at radius 3 is 1.97 bits per heavy atom. The van der Waals surface area contributed by atoms with Crippen molar-refractivity contribution in [2.45, 2.75) is 64.3 Å². The molecular weight excluding hydrogens is 446 g/mol. The Morgan fingerprint density at radius 2 is 1.53 bits per heavy atom. The van der Waals surface area contributed by atoms with Gasteiger partial charge in [-0.3, -0.25) is 4.90 Å². The summed E-state index contributed by atoms with van der Waals surface area (Å²) < 4.78 is 18.6. The molecule has 1 aliphatic heterocycles. The van der Waals surface area contributed by atoms with Crippen LogP contribution in [0.15, 0.2) is 60.7 Å². The highest BCUT2D eigenvalue weighted by molar-refractivity contribution is 6.99. The quantitative estimate of drug-likeness (QED) is 0.634. The number of nitrogens with zero attached hydrogens (tertiary/aromatic N) is 1. The van der Waals surface area contributed by atoms with Gasteiger partial charge in [-0.05, 0) is 36.2 Å². The van der Waals surface area contributed by atoms with Crippen molar-refractivity contribution in [1.29, 1.82) is 0 Å². The Balaban J connectivity index is 1.97. The van der Waals surface area contributed by atoms with Gasteiger partial charge in [0.2, 0.25) is 0 Å². The maximum Gasteiger partial charge on any atom is 0.410 e. The molecule has 0 aromatic heterocycles. The van der Waals surface area contributed by atoms with Gasteiger partial charge in [-0.15, -0.1) is 0 Å². The van der Waals surface area contributed by atoms with Gasteiger partial charge in [0.1, 0.15) is 5.60 Å². The van der Waals surface area contributed by atoms with Crippen molar-refractivity contribution in [1.82, 2.24) is 4.90 Å². The number of carbonyl (C=O) groups is 1. The lowest BCUT2D eigenvalue weighted by atomic mass is 10.2. The highest BCUT2D eigenvalue weighted by atomic mass is 28.4. The molecule has 0 aliphatic carbocycles. The van der Waals surface area contributed by atoms with Crippen molar-refractivity contribution in [2.24, 2.45) is 0 Å². The lowest BCUT2D eigenvalue weighted by Crippen LogP contribution is -2.68. The van der Waals surface area contributed by atoms with E-state index in [1.54, 1.807) is 4.90 Å². The summed E-state index contributed by atoms with van der Waals surface area (Å²) in [6, 6.07) is 20.5. The van der Waals surface area contributed by atoms with Crippen LogP contribution in [0.3, 0.4) is 0 Å². The van der Waals surface area contributed by atoms with Crippen molar-refractivity contribution in [2.75, 3.05) is 26.4 Å². The highest BCUT2D eigenvalue weighted by Crippen LogP contribution is 2.37. The first kappa shape index (κ1) is 26.4. The number of amides is 1. The first-order valence-corrected chi connectivity index (χ1v) is 13.9. The number of morpholine rings is 1. The van der Waals surface area contributed by atoms with Crippen LogP contribution in [0.2, 0.25) is 5.04 Å². The van der Waals surface area contributed by atoms with E-state index in [9.17, 15) is 9.90 Å². The minimum atomic E-state index is -2.75. The second kappa shape index (κ2) is 10.6. The zero-order valence-corrected chi connectivity index (χ0v) is 22.3. The van der Waals surface area contributed by atoms with E-state index in [4.69, 9.17) is 13.9 Å². The summed E-state index contributed by atoms with van der Waals surface area (Å²) in [5.41, 5.74) is -0.618. The molecule has 0 spiro atoms. The molecule has 2 atom stereocenters. The number of aliphatic hydroxyl groups is 1. The number of ether oxygens (including phenoxy) is 2. The summed E-state index contributed by atoms with van der Waals surface area (Å²) >= 11 is 0. The van der Waals surface area contributed by atoms with E-state index in [0.29, 0.717) is 6.61 Å². The summed E-state index contributed by atoms with van der Waals surface area (Å²) in [4.78, 5) is 14.7. The Hall–Kier alpha value is -2.19. The number of carbonyl (C=O) groups excluding carboxylic acids is 1. The molecule has 1 N–H and O–H groups in total. The molecule has 7 heteroatoms. The van der Waals surface area contributed by atoms with E-state index in [-0.39, 0.29) is 30.8 Å². The minimum absolute atomic E-state index is 0.151. The van der Waals surface area contributed by atoms with E-state index in [1.807, 2.05) is 32.9 Å². The Bertz CT molecular complexity index is 884. The molecule has 2 aromatic carbocycles. The third-order valence-corrected chi connectivity index (χ3v) is 11.1. The number of benzene rings is 2. The van der Waals surface area contributed by atoms with Crippen molar-refractivity contribution in [3.63, 3.8) is 0 Å². The molecule has 1 aliphatic rings. The van der Waals surface area contributed by atoms with Crippen LogP contribution in [-0.4, -0.2) is 68.5 Å². The molecule has 1 amide bonds. The molecule has 0 radical (unpaired) electrons. The van der Waals surface area contributed by atoms with Crippen LogP contribution in [-0.2, 0) is 13.9 Å². The molecule has 34 heavy (non-hydrogen) atoms. The van der Waals surface area contributed by atoms with Crippen LogP contribution >= 0.6 is 0 Å². The van der Waals surface area contributed by atoms with Gasteiger partial charge < -0.3 is 19.0 Å². The van der Waals surface area contributed by atoms with Crippen LogP contribution in [0, 0.1) is 0 Å². The predicted molar refractivity (Wildman–Crippen MR) is 137 cm³/mol. The zero-order valence-electron chi connectivity index (χ0n) is 21.3. The van der Waals surface area contributed by atoms with Crippen LogP contribution in [0.5, 0.6) is 0 Å². The maximum absolute atomic E-state index is 13.1. The summed E-state index contributed by atoms with van der Waals surface area (Å²) in [5, 5.41) is 11.8. The van der Waals surface area contributed by atoms with Gasteiger partial charge in [0.15, 0.2) is 0 Å². The third kappa shape index (κ3) is 5.89. The van der Waals surface area contributed by atoms with Gasteiger partial charge >= 0.3 is 6.09 Å². The highest BCUT2D eigenvalue weighted by Gasteiger charge is 2.51. The maximum atomic E-state index is 13.1. The number of aliphatic hydroxyl groups excluding tert-OH is 1. The molecule has 0 bridgehead atoms. The average Bonchev–Trinajstić information content (AvgIpc) is 2.79. The summed E-state index contributed by atoms with van der Waals surface area (Å²) in [5.74, 6) is 0. The molecule has 1 heterocycles. The van der Waals surface area contributed by atoms with Gasteiger partial charge in [0, 0.05) is 0 Å². The molecule has 2 aromatic rings. The smallest absolute Gasteiger partial charge is 0.410 e. The van der Waals surface area contributed by atoms with Crippen LogP contribution < -0.4 is 10.4 Å². The molecule has 0 saturated carbocycles. The van der Waals surface area contributed by atoms with E-state index >= 15 is 0 Å². The van der Waals surface area contributed by atoms with Crippen LogP contribution in [0.25, 0.3) is 0 Å². The van der Waals surface area contributed by atoms with Gasteiger partial charge in [-0.25, -0.2) is 4.79 Å². The fourth-order valence-electron chi connectivity index (χ4n) is 4.53. The Morgan fingerprint density at radius 1 is 1.00 bits per heavy atom. The van der Waals surface area contributed by atoms with E-state index in [1.165, 1.54) is 10.4 Å². The van der Waals surface area contributed by atoms with Crippen molar-refractivity contribution in [3.05, 3.63) is 60.7 Å². The van der Waals surface area contributed by atoms with Crippen molar-refractivity contribution < 1.29 is 23.8 Å². The normalized spacial score (nSPS) is 19.7. The van der Waals surface area contributed by atoms with Gasteiger partial charge in [-0.1, -0.05) is 81.4 Å². The number of hydrogen-bond donors (Lipinski definition) is 1. The summed E-state index contributed by atoms with van der Waals surface area (Å²) in [6.07, 6.45) is -0.845. The number of rotatable bonds is 6. The van der Waals surface area contributed by atoms with Crippen LogP contribution in [0.1, 0.15) is 41.5 Å². The first-order chi connectivity index (χ1) is 16.0. The molecule has 1 fully saturated rings. The molecule has 1 saturated heterocycles. The third-order valence-electron chi connectivity index (χ3n) is 6.11. The summed E-state index contributed by atoms with van der Waals surface area (Å²) in [6.45, 7) is 12.9.